The number of carbonyl (C=O) groups is 1. The molecule has 0 bridgehead atoms. The molecular formula is C19H21N5O. The molecule has 0 saturated carbocycles. The summed E-state index contributed by atoms with van der Waals surface area (Å²) in [5.41, 5.74) is 1.87. The van der Waals surface area contributed by atoms with Gasteiger partial charge >= 0.3 is 0 Å². The lowest BCUT2D eigenvalue weighted by Crippen LogP contribution is -2.41. The van der Waals surface area contributed by atoms with Crippen LogP contribution in [0.25, 0.3) is 0 Å². The summed E-state index contributed by atoms with van der Waals surface area (Å²) < 4.78 is 4.12. The Morgan fingerprint density at radius 3 is 2.80 bits per heavy atom. The number of hydrogen-bond acceptors (Lipinski definition) is 3. The number of pyridine rings is 1. The van der Waals surface area contributed by atoms with E-state index in [1.165, 1.54) is 0 Å². The van der Waals surface area contributed by atoms with Crippen LogP contribution in [-0.4, -0.2) is 43.0 Å². The first-order chi connectivity index (χ1) is 12.3. The summed E-state index contributed by atoms with van der Waals surface area (Å²) in [6.07, 6.45) is 13.2. The van der Waals surface area contributed by atoms with E-state index in [-0.39, 0.29) is 5.91 Å². The average molecular weight is 335 g/mol. The number of nitrogens with zero attached hydrogens (tertiary/aromatic N) is 5. The zero-order chi connectivity index (χ0) is 17.1. The number of amides is 1. The van der Waals surface area contributed by atoms with Gasteiger partial charge in [-0.2, -0.15) is 0 Å². The second kappa shape index (κ2) is 6.93. The third-order valence-corrected chi connectivity index (χ3v) is 4.78. The third-order valence-electron chi connectivity index (χ3n) is 4.78. The quantitative estimate of drug-likeness (QED) is 0.736. The van der Waals surface area contributed by atoms with Crippen molar-refractivity contribution in [3.05, 3.63) is 72.8 Å². The van der Waals surface area contributed by atoms with Gasteiger partial charge in [0.2, 0.25) is 0 Å². The molecule has 128 valence electrons. The number of rotatable bonds is 4. The van der Waals surface area contributed by atoms with Crippen LogP contribution >= 0.6 is 0 Å². The van der Waals surface area contributed by atoms with Crippen LogP contribution in [0, 0.1) is 0 Å². The lowest BCUT2D eigenvalue weighted by Gasteiger charge is -2.33. The zero-order valence-corrected chi connectivity index (χ0v) is 14.0. The maximum atomic E-state index is 13.1. The van der Waals surface area contributed by atoms with Gasteiger partial charge in [-0.1, -0.05) is 0 Å². The summed E-state index contributed by atoms with van der Waals surface area (Å²) in [5, 5.41) is 0. The standard InChI is InChI=1S/C19H21N5O/c25-19(23-11-1-3-17(14-23)24-12-9-21-15-24)18-4-2-10-22(18)13-16-5-7-20-8-6-16/h2,4-10,12,15,17H,1,3,11,13-14H2/t17-/m0/s1. The van der Waals surface area contributed by atoms with Crippen LogP contribution in [0.3, 0.4) is 0 Å². The first kappa shape index (κ1) is 15.6. The highest BCUT2D eigenvalue weighted by Gasteiger charge is 2.26. The number of hydrogen-bond donors (Lipinski definition) is 0. The van der Waals surface area contributed by atoms with Gasteiger partial charge < -0.3 is 14.0 Å². The predicted molar refractivity (Wildman–Crippen MR) is 94.2 cm³/mol. The lowest BCUT2D eigenvalue weighted by molar-refractivity contribution is 0.0669. The molecule has 1 atom stereocenters. The van der Waals surface area contributed by atoms with Gasteiger partial charge in [-0.15, -0.1) is 0 Å². The highest BCUT2D eigenvalue weighted by molar-refractivity contribution is 5.92. The molecule has 0 spiro atoms. The van der Waals surface area contributed by atoms with Crippen molar-refractivity contribution in [2.45, 2.75) is 25.4 Å². The minimum Gasteiger partial charge on any atom is -0.339 e. The van der Waals surface area contributed by atoms with Gasteiger partial charge in [-0.25, -0.2) is 4.98 Å². The van der Waals surface area contributed by atoms with E-state index in [0.29, 0.717) is 12.6 Å². The van der Waals surface area contributed by atoms with Gasteiger partial charge in [-0.05, 0) is 42.7 Å². The van der Waals surface area contributed by atoms with Crippen molar-refractivity contribution in [1.29, 1.82) is 0 Å². The zero-order valence-electron chi connectivity index (χ0n) is 14.0. The monoisotopic (exact) mass is 335 g/mol. The minimum absolute atomic E-state index is 0.101. The van der Waals surface area contributed by atoms with Gasteiger partial charge in [0.15, 0.2) is 0 Å². The van der Waals surface area contributed by atoms with Crippen molar-refractivity contribution in [3.63, 3.8) is 0 Å². The highest BCUT2D eigenvalue weighted by atomic mass is 16.2. The van der Waals surface area contributed by atoms with E-state index >= 15 is 0 Å². The van der Waals surface area contributed by atoms with E-state index in [0.717, 1.165) is 37.2 Å². The molecule has 25 heavy (non-hydrogen) atoms. The second-order valence-electron chi connectivity index (χ2n) is 6.43. The maximum absolute atomic E-state index is 13.1. The first-order valence-corrected chi connectivity index (χ1v) is 8.62. The Balaban J connectivity index is 1.50. The molecule has 1 amide bonds. The molecule has 3 aromatic heterocycles. The molecule has 1 fully saturated rings. The van der Waals surface area contributed by atoms with E-state index in [9.17, 15) is 4.79 Å². The molecule has 1 aliphatic heterocycles. The summed E-state index contributed by atoms with van der Waals surface area (Å²) in [5.74, 6) is 0.101. The molecule has 3 aromatic rings. The van der Waals surface area contributed by atoms with Crippen molar-refractivity contribution in [2.75, 3.05) is 13.1 Å². The van der Waals surface area contributed by atoms with Crippen LogP contribution < -0.4 is 0 Å². The molecule has 6 heteroatoms. The molecular weight excluding hydrogens is 314 g/mol. The van der Waals surface area contributed by atoms with Gasteiger partial charge in [0.25, 0.3) is 5.91 Å². The van der Waals surface area contributed by atoms with Gasteiger partial charge in [0.05, 0.1) is 12.4 Å². The Hall–Kier alpha value is -2.89. The van der Waals surface area contributed by atoms with Gasteiger partial charge in [0.1, 0.15) is 5.69 Å². The molecule has 1 saturated heterocycles. The first-order valence-electron chi connectivity index (χ1n) is 8.62. The van der Waals surface area contributed by atoms with Gasteiger partial charge in [0, 0.05) is 50.6 Å². The predicted octanol–water partition coefficient (Wildman–Crippen LogP) is 2.61. The molecule has 0 N–H and O–H groups in total. The largest absolute Gasteiger partial charge is 0.339 e. The summed E-state index contributed by atoms with van der Waals surface area (Å²) in [7, 11) is 0. The van der Waals surface area contributed by atoms with Crippen LogP contribution in [0.15, 0.2) is 61.6 Å². The summed E-state index contributed by atoms with van der Waals surface area (Å²) in [6, 6.07) is 8.11. The normalized spacial score (nSPS) is 17.6. The maximum Gasteiger partial charge on any atom is 0.270 e. The van der Waals surface area contributed by atoms with E-state index in [1.54, 1.807) is 18.6 Å². The van der Waals surface area contributed by atoms with Gasteiger partial charge in [-0.3, -0.25) is 9.78 Å². The lowest BCUT2D eigenvalue weighted by atomic mass is 10.1. The highest BCUT2D eigenvalue weighted by Crippen LogP contribution is 2.23. The number of carbonyl (C=O) groups excluding carboxylic acids is 1. The van der Waals surface area contributed by atoms with Crippen LogP contribution in [0.4, 0.5) is 0 Å². The minimum atomic E-state index is 0.101. The van der Waals surface area contributed by atoms with E-state index < -0.39 is 0 Å². The van der Waals surface area contributed by atoms with E-state index in [2.05, 4.69) is 14.5 Å². The van der Waals surface area contributed by atoms with Crippen molar-refractivity contribution >= 4 is 5.91 Å². The topological polar surface area (TPSA) is 56.0 Å². The SMILES string of the molecule is O=C(c1cccn1Cc1ccncc1)N1CCC[C@H](n2ccnc2)C1. The molecule has 0 aromatic carbocycles. The fraction of sp³-hybridized carbons (Fsp3) is 0.316. The summed E-state index contributed by atoms with van der Waals surface area (Å²) >= 11 is 0. The average Bonchev–Trinajstić information content (AvgIpc) is 3.34. The molecule has 0 aliphatic carbocycles. The number of imidazole rings is 1. The Bertz CT molecular complexity index is 825. The summed E-state index contributed by atoms with van der Waals surface area (Å²) in [4.78, 5) is 23.2. The van der Waals surface area contributed by atoms with E-state index in [4.69, 9.17) is 0 Å². The molecule has 0 radical (unpaired) electrons. The third kappa shape index (κ3) is 3.33. The van der Waals surface area contributed by atoms with Crippen LogP contribution in [-0.2, 0) is 6.54 Å². The van der Waals surface area contributed by atoms with Crippen molar-refractivity contribution in [3.8, 4) is 0 Å². The Kier molecular flexibility index (Phi) is 4.33. The molecule has 0 unspecified atom stereocenters. The summed E-state index contributed by atoms with van der Waals surface area (Å²) in [6.45, 7) is 2.22. The van der Waals surface area contributed by atoms with Crippen molar-refractivity contribution in [1.82, 2.24) is 24.0 Å². The number of aromatic nitrogens is 4. The van der Waals surface area contributed by atoms with Crippen LogP contribution in [0.1, 0.15) is 34.9 Å². The molecule has 1 aliphatic rings. The van der Waals surface area contributed by atoms with Crippen molar-refractivity contribution in [2.24, 2.45) is 0 Å². The number of piperidine rings is 1. The Morgan fingerprint density at radius 2 is 2.00 bits per heavy atom. The Morgan fingerprint density at radius 1 is 1.12 bits per heavy atom. The van der Waals surface area contributed by atoms with Crippen LogP contribution in [0.5, 0.6) is 0 Å². The Labute approximate surface area is 146 Å². The van der Waals surface area contributed by atoms with E-state index in [1.807, 2.05) is 52.5 Å². The fourth-order valence-electron chi connectivity index (χ4n) is 3.46. The second-order valence-corrected chi connectivity index (χ2v) is 6.43. The fourth-order valence-corrected chi connectivity index (χ4v) is 3.46. The van der Waals surface area contributed by atoms with Crippen molar-refractivity contribution < 1.29 is 4.79 Å². The smallest absolute Gasteiger partial charge is 0.270 e. The molecule has 6 nitrogen and oxygen atoms in total. The number of likely N-dealkylation sites (tertiary alicyclic amines) is 1. The molecule has 4 heterocycles. The van der Waals surface area contributed by atoms with Crippen LogP contribution in [0.2, 0.25) is 0 Å². The molecule has 4 rings (SSSR count).